The predicted molar refractivity (Wildman–Crippen MR) is 52.6 cm³/mol. The van der Waals surface area contributed by atoms with E-state index in [1.165, 1.54) is 5.56 Å². The highest BCUT2D eigenvalue weighted by atomic mass is 16.5. The second kappa shape index (κ2) is 2.71. The van der Waals surface area contributed by atoms with Crippen molar-refractivity contribution < 1.29 is 9.53 Å². The van der Waals surface area contributed by atoms with Gasteiger partial charge in [0.25, 0.3) is 0 Å². The van der Waals surface area contributed by atoms with Crippen molar-refractivity contribution in [3.8, 4) is 0 Å². The second-order valence-corrected chi connectivity index (χ2v) is 3.80. The molecule has 1 aromatic rings. The first-order chi connectivity index (χ1) is 6.84. The van der Waals surface area contributed by atoms with Crippen molar-refractivity contribution in [2.75, 3.05) is 6.61 Å². The lowest BCUT2D eigenvalue weighted by atomic mass is 9.85. The van der Waals surface area contributed by atoms with Gasteiger partial charge in [0.1, 0.15) is 0 Å². The standard InChI is InChI=1S/C12H10O2/c13-12-11-6-9-4-2-1-3-8(9)5-10(11)7-14-12/h1-4,6,10H,5,7H2/t10-/m0/s1. The first-order valence-electron chi connectivity index (χ1n) is 4.81. The summed E-state index contributed by atoms with van der Waals surface area (Å²) in [7, 11) is 0. The molecule has 1 aliphatic heterocycles. The van der Waals surface area contributed by atoms with Gasteiger partial charge in [-0.3, -0.25) is 0 Å². The molecule has 1 fully saturated rings. The minimum Gasteiger partial charge on any atom is -0.462 e. The van der Waals surface area contributed by atoms with Crippen LogP contribution in [0.1, 0.15) is 11.1 Å². The topological polar surface area (TPSA) is 26.3 Å². The Morgan fingerprint density at radius 2 is 2.14 bits per heavy atom. The molecule has 3 rings (SSSR count). The molecule has 1 aliphatic carbocycles. The fraction of sp³-hybridized carbons (Fsp3) is 0.250. The van der Waals surface area contributed by atoms with E-state index in [1.807, 2.05) is 24.3 Å². The molecule has 1 heterocycles. The summed E-state index contributed by atoms with van der Waals surface area (Å²) in [6, 6.07) is 8.20. The van der Waals surface area contributed by atoms with Crippen molar-refractivity contribution in [3.05, 3.63) is 41.0 Å². The number of hydrogen-bond acceptors (Lipinski definition) is 2. The first-order valence-corrected chi connectivity index (χ1v) is 4.81. The quantitative estimate of drug-likeness (QED) is 0.577. The zero-order valence-corrected chi connectivity index (χ0v) is 7.69. The summed E-state index contributed by atoms with van der Waals surface area (Å²) < 4.78 is 5.02. The molecule has 2 nitrogen and oxygen atoms in total. The van der Waals surface area contributed by atoms with Crippen molar-refractivity contribution in [1.82, 2.24) is 0 Å². The summed E-state index contributed by atoms with van der Waals surface area (Å²) in [5.74, 6) is 0.155. The lowest BCUT2D eigenvalue weighted by Gasteiger charge is -2.16. The molecule has 0 N–H and O–H groups in total. The van der Waals surface area contributed by atoms with Crippen molar-refractivity contribution in [1.29, 1.82) is 0 Å². The maximum absolute atomic E-state index is 11.3. The smallest absolute Gasteiger partial charge is 0.334 e. The average molecular weight is 186 g/mol. The van der Waals surface area contributed by atoms with Gasteiger partial charge < -0.3 is 4.74 Å². The number of benzene rings is 1. The largest absolute Gasteiger partial charge is 0.462 e. The highest BCUT2D eigenvalue weighted by Gasteiger charge is 2.33. The monoisotopic (exact) mass is 186 g/mol. The lowest BCUT2D eigenvalue weighted by Crippen LogP contribution is -2.12. The normalized spacial score (nSPS) is 23.6. The van der Waals surface area contributed by atoms with Crippen LogP contribution in [0.15, 0.2) is 29.8 Å². The van der Waals surface area contributed by atoms with E-state index >= 15 is 0 Å². The molecule has 2 aliphatic rings. The van der Waals surface area contributed by atoms with E-state index in [0.29, 0.717) is 6.61 Å². The first kappa shape index (κ1) is 7.80. The van der Waals surface area contributed by atoms with Crippen LogP contribution in [0.2, 0.25) is 0 Å². The highest BCUT2D eigenvalue weighted by Crippen LogP contribution is 2.33. The summed E-state index contributed by atoms with van der Waals surface area (Å²) in [6.07, 6.45) is 2.91. The minimum absolute atomic E-state index is 0.135. The number of ether oxygens (including phenoxy) is 1. The third kappa shape index (κ3) is 1.00. The number of carbonyl (C=O) groups is 1. The Kier molecular flexibility index (Phi) is 1.51. The van der Waals surface area contributed by atoms with Crippen molar-refractivity contribution >= 4 is 12.0 Å². The Morgan fingerprint density at radius 1 is 1.29 bits per heavy atom. The maximum Gasteiger partial charge on any atom is 0.334 e. The van der Waals surface area contributed by atoms with Crippen LogP contribution in [-0.4, -0.2) is 12.6 Å². The number of cyclic esters (lactones) is 1. The van der Waals surface area contributed by atoms with Gasteiger partial charge in [0.15, 0.2) is 0 Å². The molecule has 14 heavy (non-hydrogen) atoms. The fourth-order valence-corrected chi connectivity index (χ4v) is 2.16. The summed E-state index contributed by atoms with van der Waals surface area (Å²) in [5, 5.41) is 0. The molecule has 0 radical (unpaired) electrons. The molecule has 2 heteroatoms. The van der Waals surface area contributed by atoms with E-state index in [4.69, 9.17) is 4.74 Å². The Morgan fingerprint density at radius 3 is 3.07 bits per heavy atom. The molecular weight excluding hydrogens is 176 g/mol. The molecule has 70 valence electrons. The molecule has 0 aromatic heterocycles. The number of carbonyl (C=O) groups excluding carboxylic acids is 1. The summed E-state index contributed by atoms with van der Waals surface area (Å²) in [4.78, 5) is 11.3. The van der Waals surface area contributed by atoms with Crippen LogP contribution in [0.4, 0.5) is 0 Å². The number of fused-ring (bicyclic) bond motifs is 2. The van der Waals surface area contributed by atoms with Gasteiger partial charge >= 0.3 is 5.97 Å². The fourth-order valence-electron chi connectivity index (χ4n) is 2.16. The van der Waals surface area contributed by atoms with E-state index in [-0.39, 0.29) is 11.9 Å². The van der Waals surface area contributed by atoms with Crippen LogP contribution >= 0.6 is 0 Å². The summed E-state index contributed by atoms with van der Waals surface area (Å²) in [6.45, 7) is 0.555. The van der Waals surface area contributed by atoms with E-state index in [2.05, 4.69) is 6.07 Å². The molecule has 0 amide bonds. The second-order valence-electron chi connectivity index (χ2n) is 3.80. The minimum atomic E-state index is -0.135. The third-order valence-electron chi connectivity index (χ3n) is 2.92. The molecule has 0 spiro atoms. The number of rotatable bonds is 0. The van der Waals surface area contributed by atoms with Gasteiger partial charge in [0.05, 0.1) is 6.61 Å². The van der Waals surface area contributed by atoms with Crippen LogP contribution in [0.5, 0.6) is 0 Å². The molecule has 0 saturated carbocycles. The molecule has 0 bridgehead atoms. The third-order valence-corrected chi connectivity index (χ3v) is 2.92. The zero-order valence-electron chi connectivity index (χ0n) is 7.69. The molecule has 1 aromatic carbocycles. The molecule has 1 atom stereocenters. The Bertz CT molecular complexity index is 432. The van der Waals surface area contributed by atoms with Crippen molar-refractivity contribution in [2.24, 2.45) is 5.92 Å². The van der Waals surface area contributed by atoms with Gasteiger partial charge in [-0.05, 0) is 23.6 Å². The van der Waals surface area contributed by atoms with Gasteiger partial charge in [0.2, 0.25) is 0 Å². The summed E-state index contributed by atoms with van der Waals surface area (Å²) >= 11 is 0. The van der Waals surface area contributed by atoms with Gasteiger partial charge in [-0.2, -0.15) is 0 Å². The average Bonchev–Trinajstić information content (AvgIpc) is 2.57. The van der Waals surface area contributed by atoms with Crippen molar-refractivity contribution in [3.63, 3.8) is 0 Å². The molecule has 0 unspecified atom stereocenters. The Labute approximate surface area is 82.2 Å². The van der Waals surface area contributed by atoms with Crippen LogP contribution in [0.25, 0.3) is 6.08 Å². The van der Waals surface area contributed by atoms with Crippen LogP contribution < -0.4 is 0 Å². The van der Waals surface area contributed by atoms with Gasteiger partial charge in [-0.1, -0.05) is 24.3 Å². The van der Waals surface area contributed by atoms with Gasteiger partial charge in [-0.15, -0.1) is 0 Å². The maximum atomic E-state index is 11.3. The van der Waals surface area contributed by atoms with Crippen LogP contribution in [0.3, 0.4) is 0 Å². The van der Waals surface area contributed by atoms with E-state index in [9.17, 15) is 4.79 Å². The van der Waals surface area contributed by atoms with Crippen LogP contribution in [-0.2, 0) is 16.0 Å². The van der Waals surface area contributed by atoms with Gasteiger partial charge in [-0.25, -0.2) is 4.79 Å². The van der Waals surface area contributed by atoms with Crippen LogP contribution in [0, 0.1) is 5.92 Å². The number of esters is 1. The predicted octanol–water partition coefficient (Wildman–Crippen LogP) is 1.80. The number of hydrogen-bond donors (Lipinski definition) is 0. The highest BCUT2D eigenvalue weighted by molar-refractivity contribution is 5.97. The Hall–Kier alpha value is -1.57. The van der Waals surface area contributed by atoms with E-state index < -0.39 is 0 Å². The van der Waals surface area contributed by atoms with E-state index in [0.717, 1.165) is 17.6 Å². The lowest BCUT2D eigenvalue weighted by molar-refractivity contribution is -0.135. The van der Waals surface area contributed by atoms with Gasteiger partial charge in [0, 0.05) is 11.5 Å². The molecular formula is C12H10O2. The SMILES string of the molecule is O=C1OC[C@@H]2Cc3ccccc3C=C12. The van der Waals surface area contributed by atoms with Crippen molar-refractivity contribution in [2.45, 2.75) is 6.42 Å². The van der Waals surface area contributed by atoms with E-state index in [1.54, 1.807) is 0 Å². The molecule has 1 saturated heterocycles. The zero-order chi connectivity index (χ0) is 9.54. The Balaban J connectivity index is 2.13. The summed E-state index contributed by atoms with van der Waals surface area (Å²) in [5.41, 5.74) is 3.33.